The van der Waals surface area contributed by atoms with Gasteiger partial charge in [-0.25, -0.2) is 0 Å². The molecule has 3 N–H and O–H groups in total. The Morgan fingerprint density at radius 3 is 1.62 bits per heavy atom. The Kier molecular flexibility index (Phi) is 18.9. The lowest BCUT2D eigenvalue weighted by Crippen LogP contribution is -2.39. The molecule has 0 unspecified atom stereocenters. The number of aliphatic carboxylic acids is 2. The van der Waals surface area contributed by atoms with Crippen molar-refractivity contribution in [3.63, 3.8) is 0 Å². The van der Waals surface area contributed by atoms with Gasteiger partial charge in [0.05, 0.1) is 12.2 Å². The lowest BCUT2D eigenvalue weighted by molar-refractivity contribution is -0.140. The van der Waals surface area contributed by atoms with Crippen LogP contribution in [-0.2, 0) is 16.2 Å². The molecule has 0 radical (unpaired) electrons. The van der Waals surface area contributed by atoms with Crippen LogP contribution in [0.1, 0.15) is 126 Å². The van der Waals surface area contributed by atoms with Crippen LogP contribution in [0.25, 0.3) is 0 Å². The van der Waals surface area contributed by atoms with E-state index in [1.807, 2.05) is 0 Å². The number of phenolic OH excluding ortho intramolecular Hbond substituents is 1. The highest BCUT2D eigenvalue weighted by molar-refractivity contribution is 6.00. The molecule has 0 aliphatic carbocycles. The summed E-state index contributed by atoms with van der Waals surface area (Å²) in [5.41, 5.74) is 0.753. The van der Waals surface area contributed by atoms with Crippen LogP contribution in [0.4, 0.5) is 0 Å². The van der Waals surface area contributed by atoms with Gasteiger partial charge in [-0.15, -0.1) is 0 Å². The number of rotatable bonds is 26. The number of carbonyl (C=O) groups is 3. The topological polar surface area (TPSA) is 134 Å². The fraction of sp³-hybridized carbons (Fsp3) is 0.583. The second kappa shape index (κ2) is 22.7. The van der Waals surface area contributed by atoms with Crippen molar-refractivity contribution in [2.75, 3.05) is 19.7 Å². The number of amides is 1. The molecule has 0 saturated heterocycles. The van der Waals surface area contributed by atoms with E-state index in [9.17, 15) is 29.7 Å². The normalized spacial score (nSPS) is 10.9. The van der Waals surface area contributed by atoms with Gasteiger partial charge in [0.25, 0.3) is 5.91 Å². The van der Waals surface area contributed by atoms with Gasteiger partial charge < -0.3 is 29.7 Å². The molecule has 9 nitrogen and oxygen atoms in total. The van der Waals surface area contributed by atoms with E-state index in [-0.39, 0.29) is 23.7 Å². The summed E-state index contributed by atoms with van der Waals surface area (Å²) < 4.78 is 11.8. The number of carbonyl (C=O) groups excluding carboxylic acids is 1. The molecule has 0 heterocycles. The summed E-state index contributed by atoms with van der Waals surface area (Å²) in [5, 5.41) is 28.0. The first kappa shape index (κ1) is 37.4. The van der Waals surface area contributed by atoms with Crippen molar-refractivity contribution in [3.8, 4) is 17.2 Å². The van der Waals surface area contributed by atoms with Gasteiger partial charge in [-0.3, -0.25) is 14.4 Å². The second-order valence-corrected chi connectivity index (χ2v) is 11.7. The van der Waals surface area contributed by atoms with Crippen LogP contribution in [0, 0.1) is 0 Å². The van der Waals surface area contributed by atoms with Crippen LogP contribution in [0.2, 0.25) is 0 Å². The molecular formula is C36H53NO8. The van der Waals surface area contributed by atoms with E-state index < -0.39 is 30.9 Å². The van der Waals surface area contributed by atoms with Crippen LogP contribution in [0.5, 0.6) is 17.2 Å². The molecular weight excluding hydrogens is 574 g/mol. The molecule has 2 aromatic carbocycles. The van der Waals surface area contributed by atoms with Crippen molar-refractivity contribution in [2.24, 2.45) is 0 Å². The van der Waals surface area contributed by atoms with E-state index in [0.29, 0.717) is 12.4 Å². The number of carboxylic acids is 2. The van der Waals surface area contributed by atoms with Crippen molar-refractivity contribution in [3.05, 3.63) is 53.6 Å². The van der Waals surface area contributed by atoms with Gasteiger partial charge in [0.15, 0.2) is 0 Å². The van der Waals surface area contributed by atoms with Gasteiger partial charge in [0.2, 0.25) is 0 Å². The Morgan fingerprint density at radius 2 is 1.13 bits per heavy atom. The number of hydrogen-bond acceptors (Lipinski definition) is 6. The van der Waals surface area contributed by atoms with Gasteiger partial charge in [-0.1, -0.05) is 115 Å². The number of unbranched alkanes of at least 4 members (excludes halogenated alkanes) is 15. The Morgan fingerprint density at radius 1 is 0.644 bits per heavy atom. The van der Waals surface area contributed by atoms with Crippen molar-refractivity contribution < 1.29 is 39.2 Å². The summed E-state index contributed by atoms with van der Waals surface area (Å²) in [7, 11) is 0. The Labute approximate surface area is 268 Å². The number of phenols is 1. The lowest BCUT2D eigenvalue weighted by atomic mass is 10.0. The maximum atomic E-state index is 13.3. The maximum absolute atomic E-state index is 13.3. The fourth-order valence-corrected chi connectivity index (χ4v) is 5.18. The minimum absolute atomic E-state index is 0.0146. The molecule has 0 aromatic heterocycles. The molecule has 1 amide bonds. The molecule has 250 valence electrons. The number of hydrogen-bond donors (Lipinski definition) is 3. The van der Waals surface area contributed by atoms with Crippen molar-refractivity contribution >= 4 is 17.8 Å². The summed E-state index contributed by atoms with van der Waals surface area (Å²) in [5.74, 6) is -2.74. The molecule has 0 aliphatic rings. The van der Waals surface area contributed by atoms with Gasteiger partial charge in [-0.05, 0) is 42.3 Å². The van der Waals surface area contributed by atoms with E-state index in [1.165, 1.54) is 102 Å². The summed E-state index contributed by atoms with van der Waals surface area (Å²) >= 11 is 0. The first-order valence-corrected chi connectivity index (χ1v) is 16.7. The zero-order valence-electron chi connectivity index (χ0n) is 27.0. The van der Waals surface area contributed by atoms with Gasteiger partial charge in [0, 0.05) is 0 Å². The molecule has 0 atom stereocenters. The zero-order chi connectivity index (χ0) is 32.7. The van der Waals surface area contributed by atoms with Crippen LogP contribution in [0.15, 0.2) is 42.5 Å². The summed E-state index contributed by atoms with van der Waals surface area (Å²) in [6.45, 7) is 1.26. The molecule has 45 heavy (non-hydrogen) atoms. The van der Waals surface area contributed by atoms with E-state index in [2.05, 4.69) is 6.92 Å². The predicted octanol–water partition coefficient (Wildman–Crippen LogP) is 8.22. The highest BCUT2D eigenvalue weighted by atomic mass is 16.5. The van der Waals surface area contributed by atoms with Gasteiger partial charge in [-0.2, -0.15) is 0 Å². The smallest absolute Gasteiger partial charge is 0.323 e. The SMILES string of the molecule is CCCCCCCCCCCCCCCCCCOc1ccc(OCc2ccc(O)cc2)c(C(=O)N(CC(=O)O)CC(=O)O)c1. The van der Waals surface area contributed by atoms with Crippen LogP contribution < -0.4 is 9.47 Å². The number of aromatic hydroxyl groups is 1. The highest BCUT2D eigenvalue weighted by Crippen LogP contribution is 2.27. The summed E-state index contributed by atoms with van der Waals surface area (Å²) in [6.07, 6.45) is 20.5. The largest absolute Gasteiger partial charge is 0.508 e. The highest BCUT2D eigenvalue weighted by Gasteiger charge is 2.25. The Bertz CT molecular complexity index is 1120. The standard InChI is InChI=1S/C36H53NO8/c1-2-3-4-5-6-7-8-9-10-11-12-13-14-15-16-17-24-44-31-22-23-33(45-28-29-18-20-30(38)21-19-29)32(25-31)36(43)37(26-34(39)40)27-35(41)42/h18-23,25,38H,2-17,24,26-28H2,1H3,(H,39,40)(H,41,42). The summed E-state index contributed by atoms with van der Waals surface area (Å²) in [6, 6.07) is 11.1. The van der Waals surface area contributed by atoms with E-state index in [1.54, 1.807) is 24.3 Å². The van der Waals surface area contributed by atoms with Crippen LogP contribution in [-0.4, -0.2) is 57.8 Å². The third kappa shape index (κ3) is 16.8. The van der Waals surface area contributed by atoms with Crippen molar-refractivity contribution in [1.29, 1.82) is 0 Å². The number of nitrogens with zero attached hydrogens (tertiary/aromatic N) is 1. The predicted molar refractivity (Wildman–Crippen MR) is 175 cm³/mol. The molecule has 9 heteroatoms. The first-order valence-electron chi connectivity index (χ1n) is 16.7. The van der Waals surface area contributed by atoms with Crippen molar-refractivity contribution in [1.82, 2.24) is 4.90 Å². The summed E-state index contributed by atoms with van der Waals surface area (Å²) in [4.78, 5) is 36.7. The fourth-order valence-electron chi connectivity index (χ4n) is 5.18. The third-order valence-electron chi connectivity index (χ3n) is 7.72. The first-order chi connectivity index (χ1) is 21.8. The van der Waals surface area contributed by atoms with Crippen LogP contribution >= 0.6 is 0 Å². The number of benzene rings is 2. The maximum Gasteiger partial charge on any atom is 0.323 e. The molecule has 2 aromatic rings. The average Bonchev–Trinajstić information content (AvgIpc) is 3.01. The average molecular weight is 628 g/mol. The molecule has 0 spiro atoms. The number of carboxylic acid groups (broad SMARTS) is 2. The Balaban J connectivity index is 1.78. The quantitative estimate of drug-likeness (QED) is 0.0889. The molecule has 0 saturated carbocycles. The minimum Gasteiger partial charge on any atom is -0.508 e. The van der Waals surface area contributed by atoms with Crippen LogP contribution in [0.3, 0.4) is 0 Å². The van der Waals surface area contributed by atoms with Crippen molar-refractivity contribution in [2.45, 2.75) is 116 Å². The lowest BCUT2D eigenvalue weighted by Gasteiger charge is -2.21. The van der Waals surface area contributed by atoms with Gasteiger partial charge >= 0.3 is 11.9 Å². The minimum atomic E-state index is -1.33. The molecule has 0 aliphatic heterocycles. The molecule has 0 bridgehead atoms. The second-order valence-electron chi connectivity index (χ2n) is 11.7. The van der Waals surface area contributed by atoms with E-state index >= 15 is 0 Å². The number of ether oxygens (including phenoxy) is 2. The van der Waals surface area contributed by atoms with E-state index in [0.717, 1.165) is 29.7 Å². The molecule has 0 fully saturated rings. The van der Waals surface area contributed by atoms with E-state index in [4.69, 9.17) is 9.47 Å². The molecule has 2 rings (SSSR count). The third-order valence-corrected chi connectivity index (χ3v) is 7.72. The van der Waals surface area contributed by atoms with Gasteiger partial charge in [0.1, 0.15) is 36.9 Å². The zero-order valence-corrected chi connectivity index (χ0v) is 27.0. The Hall–Kier alpha value is -3.75. The monoisotopic (exact) mass is 627 g/mol.